The van der Waals surface area contributed by atoms with Crippen LogP contribution in [0.5, 0.6) is 5.75 Å². The van der Waals surface area contributed by atoms with E-state index in [1.807, 2.05) is 19.9 Å². The van der Waals surface area contributed by atoms with Crippen molar-refractivity contribution >= 4 is 23.2 Å². The first-order valence-electron chi connectivity index (χ1n) is 4.98. The molecule has 0 aromatic heterocycles. The topological polar surface area (TPSA) is 59.6 Å². The number of anilines is 1. The Morgan fingerprint density at radius 1 is 1.50 bits per heavy atom. The third kappa shape index (κ3) is 3.62. The van der Waals surface area contributed by atoms with Gasteiger partial charge in [0.05, 0.1) is 11.1 Å². The molecule has 0 aliphatic rings. The van der Waals surface area contributed by atoms with Crippen LogP contribution in [0.3, 0.4) is 0 Å². The molecule has 0 aliphatic carbocycles. The van der Waals surface area contributed by atoms with Gasteiger partial charge in [-0.3, -0.25) is 4.99 Å². The van der Waals surface area contributed by atoms with Crippen molar-refractivity contribution in [1.82, 2.24) is 0 Å². The van der Waals surface area contributed by atoms with E-state index < -0.39 is 0 Å². The van der Waals surface area contributed by atoms with Crippen LogP contribution in [-0.2, 0) is 0 Å². The normalized spacial score (nSPS) is 11.7. The molecule has 0 radical (unpaired) electrons. The molecule has 0 aliphatic heterocycles. The van der Waals surface area contributed by atoms with Crippen molar-refractivity contribution in [2.24, 2.45) is 10.7 Å². The quantitative estimate of drug-likeness (QED) is 0.631. The molecule has 1 rings (SSSR count). The second kappa shape index (κ2) is 5.61. The highest BCUT2D eigenvalue weighted by Crippen LogP contribution is 2.28. The number of halogens is 1. The number of nitrogens with zero attached hydrogens (tertiary/aromatic N) is 1. The molecule has 0 bridgehead atoms. The summed E-state index contributed by atoms with van der Waals surface area (Å²) in [6.07, 6.45) is 0.0959. The van der Waals surface area contributed by atoms with Crippen LogP contribution in [0.4, 0.5) is 5.69 Å². The predicted molar refractivity (Wildman–Crippen MR) is 68.4 cm³/mol. The molecule has 0 amide bonds. The second-order valence-electron chi connectivity index (χ2n) is 3.55. The van der Waals surface area contributed by atoms with Crippen LogP contribution in [0.25, 0.3) is 0 Å². The molecule has 16 heavy (non-hydrogen) atoms. The van der Waals surface area contributed by atoms with E-state index in [2.05, 4.69) is 10.3 Å². The summed E-state index contributed by atoms with van der Waals surface area (Å²) in [7, 11) is 1.61. The fourth-order valence-electron chi connectivity index (χ4n) is 1.13. The number of nitrogens with one attached hydrogen (secondary N) is 1. The average molecular weight is 242 g/mol. The first-order valence-corrected chi connectivity index (χ1v) is 5.36. The molecule has 0 atom stereocenters. The van der Waals surface area contributed by atoms with Gasteiger partial charge in [-0.2, -0.15) is 0 Å². The molecular weight excluding hydrogens is 226 g/mol. The lowest BCUT2D eigenvalue weighted by atomic mass is 10.3. The molecule has 1 aromatic rings. The van der Waals surface area contributed by atoms with E-state index in [0.29, 0.717) is 16.7 Å². The second-order valence-corrected chi connectivity index (χ2v) is 3.95. The molecule has 1 aromatic carbocycles. The predicted octanol–water partition coefficient (Wildman–Crippen LogP) is 2.48. The zero-order valence-corrected chi connectivity index (χ0v) is 10.4. The van der Waals surface area contributed by atoms with E-state index >= 15 is 0 Å². The number of rotatable bonds is 3. The fraction of sp³-hybridized carbons (Fsp3) is 0.364. The van der Waals surface area contributed by atoms with Gasteiger partial charge in [0, 0.05) is 12.7 Å². The van der Waals surface area contributed by atoms with Crippen LogP contribution in [0, 0.1) is 0 Å². The van der Waals surface area contributed by atoms with Crippen LogP contribution in [0.15, 0.2) is 23.2 Å². The van der Waals surface area contributed by atoms with Gasteiger partial charge in [0.15, 0.2) is 5.96 Å². The first kappa shape index (κ1) is 12.6. The van der Waals surface area contributed by atoms with Crippen LogP contribution in [-0.4, -0.2) is 19.1 Å². The van der Waals surface area contributed by atoms with Gasteiger partial charge in [-0.1, -0.05) is 11.6 Å². The lowest BCUT2D eigenvalue weighted by Gasteiger charge is -2.12. The van der Waals surface area contributed by atoms with Crippen LogP contribution < -0.4 is 15.8 Å². The van der Waals surface area contributed by atoms with Crippen LogP contribution in [0.1, 0.15) is 13.8 Å². The molecule has 0 heterocycles. The molecule has 0 unspecified atom stereocenters. The Balaban J connectivity index is 2.82. The Hall–Kier alpha value is -1.42. The van der Waals surface area contributed by atoms with Gasteiger partial charge in [-0.15, -0.1) is 0 Å². The summed E-state index contributed by atoms with van der Waals surface area (Å²) < 4.78 is 5.51. The summed E-state index contributed by atoms with van der Waals surface area (Å²) >= 11 is 6.05. The summed E-state index contributed by atoms with van der Waals surface area (Å²) in [6.45, 7) is 3.90. The summed E-state index contributed by atoms with van der Waals surface area (Å²) in [4.78, 5) is 3.79. The molecule has 88 valence electrons. The van der Waals surface area contributed by atoms with Gasteiger partial charge in [-0.25, -0.2) is 0 Å². The van der Waals surface area contributed by atoms with E-state index in [-0.39, 0.29) is 6.10 Å². The molecule has 4 nitrogen and oxygen atoms in total. The Labute approximate surface area is 100 Å². The van der Waals surface area contributed by atoms with E-state index in [1.165, 1.54) is 0 Å². The summed E-state index contributed by atoms with van der Waals surface area (Å²) in [5.74, 6) is 1.00. The number of guanidine groups is 1. The Morgan fingerprint density at radius 2 is 2.19 bits per heavy atom. The van der Waals surface area contributed by atoms with E-state index in [0.717, 1.165) is 5.69 Å². The third-order valence-electron chi connectivity index (χ3n) is 1.81. The Bertz CT molecular complexity index is 391. The lowest BCUT2D eigenvalue weighted by Crippen LogP contribution is -2.21. The number of hydrogen-bond acceptors (Lipinski definition) is 2. The minimum atomic E-state index is 0.0959. The molecule has 0 fully saturated rings. The maximum atomic E-state index is 6.05. The van der Waals surface area contributed by atoms with Gasteiger partial charge in [0.2, 0.25) is 0 Å². The number of hydrogen-bond donors (Lipinski definition) is 2. The number of nitrogens with two attached hydrogens (primary N) is 1. The van der Waals surface area contributed by atoms with Crippen molar-refractivity contribution in [2.75, 3.05) is 12.4 Å². The minimum Gasteiger partial charge on any atom is -0.489 e. The highest BCUT2D eigenvalue weighted by Gasteiger charge is 2.05. The maximum Gasteiger partial charge on any atom is 0.192 e. The van der Waals surface area contributed by atoms with Crippen molar-refractivity contribution in [3.8, 4) is 5.75 Å². The molecule has 5 heteroatoms. The molecule has 0 saturated carbocycles. The Morgan fingerprint density at radius 3 is 2.69 bits per heavy atom. The summed E-state index contributed by atoms with van der Waals surface area (Å²) in [6, 6.07) is 5.38. The van der Waals surface area contributed by atoms with Crippen LogP contribution >= 0.6 is 11.6 Å². The van der Waals surface area contributed by atoms with Crippen LogP contribution in [0.2, 0.25) is 5.02 Å². The van der Waals surface area contributed by atoms with Gasteiger partial charge >= 0.3 is 0 Å². The Kier molecular flexibility index (Phi) is 4.43. The highest BCUT2D eigenvalue weighted by molar-refractivity contribution is 6.32. The molecular formula is C11H16ClN3O. The average Bonchev–Trinajstić information content (AvgIpc) is 2.21. The number of ether oxygens (including phenoxy) is 1. The highest BCUT2D eigenvalue weighted by atomic mass is 35.5. The smallest absolute Gasteiger partial charge is 0.192 e. The fourth-order valence-corrected chi connectivity index (χ4v) is 1.36. The zero-order chi connectivity index (χ0) is 12.1. The maximum absolute atomic E-state index is 6.05. The largest absolute Gasteiger partial charge is 0.489 e. The SMILES string of the molecule is CN=C(N)Nc1ccc(OC(C)C)c(Cl)c1. The summed E-state index contributed by atoms with van der Waals surface area (Å²) in [5, 5.41) is 3.44. The zero-order valence-electron chi connectivity index (χ0n) is 9.62. The third-order valence-corrected chi connectivity index (χ3v) is 2.10. The van der Waals surface area contributed by atoms with Crippen molar-refractivity contribution in [3.63, 3.8) is 0 Å². The molecule has 0 saturated heterocycles. The van der Waals surface area contributed by atoms with Gasteiger partial charge in [0.1, 0.15) is 5.75 Å². The number of benzene rings is 1. The van der Waals surface area contributed by atoms with E-state index in [9.17, 15) is 0 Å². The minimum absolute atomic E-state index is 0.0959. The first-order chi connectivity index (χ1) is 7.52. The van der Waals surface area contributed by atoms with Crippen molar-refractivity contribution < 1.29 is 4.74 Å². The molecule has 3 N–H and O–H groups in total. The monoisotopic (exact) mass is 241 g/mol. The standard InChI is InChI=1S/C11H16ClN3O/c1-7(2)16-10-5-4-8(6-9(10)12)15-11(13)14-3/h4-7H,1-3H3,(H3,13,14,15). The van der Waals surface area contributed by atoms with Crippen molar-refractivity contribution in [1.29, 1.82) is 0 Å². The van der Waals surface area contributed by atoms with E-state index in [4.69, 9.17) is 22.1 Å². The summed E-state index contributed by atoms with van der Waals surface area (Å²) in [5.41, 5.74) is 6.32. The van der Waals surface area contributed by atoms with Gasteiger partial charge < -0.3 is 15.8 Å². The van der Waals surface area contributed by atoms with Crippen molar-refractivity contribution in [2.45, 2.75) is 20.0 Å². The lowest BCUT2D eigenvalue weighted by molar-refractivity contribution is 0.242. The van der Waals surface area contributed by atoms with Gasteiger partial charge in [-0.05, 0) is 32.0 Å². The number of aliphatic imine (C=N–C) groups is 1. The van der Waals surface area contributed by atoms with Gasteiger partial charge in [0.25, 0.3) is 0 Å². The molecule has 0 spiro atoms. The van der Waals surface area contributed by atoms with Crippen molar-refractivity contribution in [3.05, 3.63) is 23.2 Å². The van der Waals surface area contributed by atoms with E-state index in [1.54, 1.807) is 19.2 Å².